The van der Waals surface area contributed by atoms with E-state index < -0.39 is 17.9 Å². The van der Waals surface area contributed by atoms with Crippen LogP contribution in [0.5, 0.6) is 11.5 Å². The largest absolute Gasteiger partial charge is 0.573 e. The highest BCUT2D eigenvalue weighted by molar-refractivity contribution is 6.19. The highest BCUT2D eigenvalue weighted by atomic mass is 35.5. The summed E-state index contributed by atoms with van der Waals surface area (Å²) in [5.74, 6) is -0.920. The lowest BCUT2D eigenvalue weighted by Gasteiger charge is -2.13. The van der Waals surface area contributed by atoms with Crippen LogP contribution in [0.1, 0.15) is 16.8 Å². The smallest absolute Gasteiger partial charge is 0.497 e. The monoisotopic (exact) mass is 282 g/mol. The number of alkyl halides is 4. The number of hydrogen-bond donors (Lipinski definition) is 0. The third-order valence-electron chi connectivity index (χ3n) is 2.04. The van der Waals surface area contributed by atoms with Gasteiger partial charge in [-0.05, 0) is 12.1 Å². The number of ketones is 1. The molecule has 0 saturated heterocycles. The van der Waals surface area contributed by atoms with E-state index in [0.717, 1.165) is 6.07 Å². The molecule has 1 aromatic carbocycles. The number of rotatable bonds is 5. The van der Waals surface area contributed by atoms with E-state index in [2.05, 4.69) is 4.74 Å². The Morgan fingerprint density at radius 3 is 2.56 bits per heavy atom. The van der Waals surface area contributed by atoms with E-state index >= 15 is 0 Å². The summed E-state index contributed by atoms with van der Waals surface area (Å²) in [6.45, 7) is 0. The number of ether oxygens (including phenoxy) is 2. The lowest BCUT2D eigenvalue weighted by atomic mass is 10.1. The molecular formula is C11H10ClF3O3. The normalized spacial score (nSPS) is 11.2. The number of Topliss-reactive ketones (excluding diaryl/α,β-unsaturated/α-hetero) is 1. The van der Waals surface area contributed by atoms with Gasteiger partial charge in [0.05, 0.1) is 12.7 Å². The molecule has 0 unspecified atom stereocenters. The highest BCUT2D eigenvalue weighted by Gasteiger charge is 2.33. The van der Waals surface area contributed by atoms with Gasteiger partial charge >= 0.3 is 6.36 Å². The molecule has 0 bridgehead atoms. The first kappa shape index (κ1) is 14.6. The van der Waals surface area contributed by atoms with Gasteiger partial charge in [0.1, 0.15) is 11.5 Å². The number of methoxy groups -OCH3 is 1. The molecular weight excluding hydrogens is 273 g/mol. The maximum Gasteiger partial charge on any atom is 0.573 e. The van der Waals surface area contributed by atoms with Crippen molar-refractivity contribution in [2.24, 2.45) is 0 Å². The predicted octanol–water partition coefficient (Wildman–Crippen LogP) is 3.41. The van der Waals surface area contributed by atoms with Crippen molar-refractivity contribution < 1.29 is 27.4 Å². The fourth-order valence-corrected chi connectivity index (χ4v) is 1.46. The molecule has 7 heteroatoms. The van der Waals surface area contributed by atoms with Crippen molar-refractivity contribution in [2.45, 2.75) is 12.8 Å². The lowest BCUT2D eigenvalue weighted by Crippen LogP contribution is -2.19. The van der Waals surface area contributed by atoms with Gasteiger partial charge in [-0.15, -0.1) is 24.8 Å². The molecule has 0 spiro atoms. The zero-order valence-electron chi connectivity index (χ0n) is 9.38. The molecule has 0 aliphatic rings. The van der Waals surface area contributed by atoms with Crippen molar-refractivity contribution in [1.82, 2.24) is 0 Å². The molecule has 3 nitrogen and oxygen atoms in total. The van der Waals surface area contributed by atoms with Gasteiger partial charge in [0.2, 0.25) is 0 Å². The van der Waals surface area contributed by atoms with Gasteiger partial charge in [-0.3, -0.25) is 4.79 Å². The second kappa shape index (κ2) is 5.95. The summed E-state index contributed by atoms with van der Waals surface area (Å²) in [6.07, 6.45) is -4.94. The average molecular weight is 283 g/mol. The van der Waals surface area contributed by atoms with Crippen LogP contribution in [0.15, 0.2) is 18.2 Å². The fourth-order valence-electron chi connectivity index (χ4n) is 1.29. The van der Waals surface area contributed by atoms with Gasteiger partial charge in [0.15, 0.2) is 5.78 Å². The molecule has 100 valence electrons. The first-order chi connectivity index (χ1) is 8.37. The Kier molecular flexibility index (Phi) is 4.84. The lowest BCUT2D eigenvalue weighted by molar-refractivity contribution is -0.274. The molecule has 0 N–H and O–H groups in total. The Morgan fingerprint density at radius 1 is 1.39 bits per heavy atom. The van der Waals surface area contributed by atoms with E-state index in [1.54, 1.807) is 0 Å². The molecule has 0 aliphatic heterocycles. The quantitative estimate of drug-likeness (QED) is 0.613. The molecule has 0 saturated carbocycles. The van der Waals surface area contributed by atoms with Crippen LogP contribution in [0.2, 0.25) is 0 Å². The summed E-state index contributed by atoms with van der Waals surface area (Å²) >= 11 is 5.38. The van der Waals surface area contributed by atoms with Crippen LogP contribution in [-0.4, -0.2) is 25.1 Å². The summed E-state index contributed by atoms with van der Waals surface area (Å²) in [4.78, 5) is 11.6. The minimum absolute atomic E-state index is 0.0241. The van der Waals surface area contributed by atoms with E-state index in [0.29, 0.717) is 0 Å². The molecule has 0 aliphatic carbocycles. The standard InChI is InChI=1S/C11H10ClF3O3/c1-17-7-2-3-8(9(16)4-5-12)10(6-7)18-11(13,14)15/h2-3,6H,4-5H2,1H3. The SMILES string of the molecule is COc1ccc(C(=O)CCCl)c(OC(F)(F)F)c1. The van der Waals surface area contributed by atoms with Crippen molar-refractivity contribution >= 4 is 17.4 Å². The van der Waals surface area contributed by atoms with Crippen molar-refractivity contribution in [3.63, 3.8) is 0 Å². The molecule has 0 amide bonds. The number of halogens is 4. The van der Waals surface area contributed by atoms with E-state index in [9.17, 15) is 18.0 Å². The van der Waals surface area contributed by atoms with E-state index in [1.807, 2.05) is 0 Å². The summed E-state index contributed by atoms with van der Waals surface area (Å²) in [7, 11) is 1.30. The molecule has 18 heavy (non-hydrogen) atoms. The Hall–Kier alpha value is -1.43. The number of benzene rings is 1. The third kappa shape index (κ3) is 4.10. The molecule has 1 aromatic rings. The number of hydrogen-bond acceptors (Lipinski definition) is 3. The Morgan fingerprint density at radius 2 is 2.06 bits per heavy atom. The maximum absolute atomic E-state index is 12.2. The minimum Gasteiger partial charge on any atom is -0.497 e. The van der Waals surface area contributed by atoms with Gasteiger partial charge in [-0.25, -0.2) is 0 Å². The zero-order valence-corrected chi connectivity index (χ0v) is 10.1. The van der Waals surface area contributed by atoms with Crippen LogP contribution in [0.3, 0.4) is 0 Å². The minimum atomic E-state index is -4.87. The van der Waals surface area contributed by atoms with Crippen molar-refractivity contribution in [3.05, 3.63) is 23.8 Å². The average Bonchev–Trinajstić information content (AvgIpc) is 2.27. The number of carbonyl (C=O) groups is 1. The molecule has 1 rings (SSSR count). The fraction of sp³-hybridized carbons (Fsp3) is 0.364. The molecule has 0 fully saturated rings. The summed E-state index contributed by atoms with van der Waals surface area (Å²) in [6, 6.07) is 3.61. The van der Waals surface area contributed by atoms with Crippen LogP contribution in [0.4, 0.5) is 13.2 Å². The third-order valence-corrected chi connectivity index (χ3v) is 2.23. The van der Waals surface area contributed by atoms with Gasteiger partial charge in [0.25, 0.3) is 0 Å². The molecule has 0 heterocycles. The Labute approximate surface area is 106 Å². The van der Waals surface area contributed by atoms with Crippen LogP contribution < -0.4 is 9.47 Å². The van der Waals surface area contributed by atoms with Crippen molar-refractivity contribution in [3.8, 4) is 11.5 Å². The van der Waals surface area contributed by atoms with Crippen molar-refractivity contribution in [2.75, 3.05) is 13.0 Å². The van der Waals surface area contributed by atoms with Crippen LogP contribution in [-0.2, 0) is 0 Å². The summed E-state index contributed by atoms with van der Waals surface area (Å²) in [5, 5.41) is 0. The van der Waals surface area contributed by atoms with E-state index in [-0.39, 0.29) is 23.6 Å². The predicted molar refractivity (Wildman–Crippen MR) is 59.3 cm³/mol. The molecule has 0 aromatic heterocycles. The molecule has 0 atom stereocenters. The van der Waals surface area contributed by atoms with E-state index in [4.69, 9.17) is 16.3 Å². The zero-order chi connectivity index (χ0) is 13.8. The van der Waals surface area contributed by atoms with Crippen molar-refractivity contribution in [1.29, 1.82) is 0 Å². The summed E-state index contributed by atoms with van der Waals surface area (Å²) < 4.78 is 45.2. The van der Waals surface area contributed by atoms with Crippen LogP contribution >= 0.6 is 11.6 Å². The van der Waals surface area contributed by atoms with Gasteiger partial charge in [-0.1, -0.05) is 0 Å². The van der Waals surface area contributed by atoms with Gasteiger partial charge in [0, 0.05) is 18.4 Å². The number of carbonyl (C=O) groups excluding carboxylic acids is 1. The van der Waals surface area contributed by atoms with Gasteiger partial charge in [-0.2, -0.15) is 0 Å². The Bertz CT molecular complexity index is 432. The van der Waals surface area contributed by atoms with Gasteiger partial charge < -0.3 is 9.47 Å². The maximum atomic E-state index is 12.2. The Balaban J connectivity index is 3.12. The first-order valence-electron chi connectivity index (χ1n) is 4.90. The topological polar surface area (TPSA) is 35.5 Å². The second-order valence-electron chi connectivity index (χ2n) is 3.27. The molecule has 0 radical (unpaired) electrons. The van der Waals surface area contributed by atoms with E-state index in [1.165, 1.54) is 19.2 Å². The second-order valence-corrected chi connectivity index (χ2v) is 3.65. The summed E-state index contributed by atoms with van der Waals surface area (Å²) in [5.41, 5.74) is -0.172. The van der Waals surface area contributed by atoms with Crippen LogP contribution in [0.25, 0.3) is 0 Å². The van der Waals surface area contributed by atoms with Crippen LogP contribution in [0, 0.1) is 0 Å². The highest BCUT2D eigenvalue weighted by Crippen LogP contribution is 2.30. The first-order valence-corrected chi connectivity index (χ1v) is 5.44.